The van der Waals surface area contributed by atoms with Crippen molar-refractivity contribution in [2.24, 2.45) is 0 Å². The molecular formula is C10H8ClN3S. The Morgan fingerprint density at radius 1 is 1.53 bits per heavy atom. The second-order valence-electron chi connectivity index (χ2n) is 3.09. The van der Waals surface area contributed by atoms with E-state index >= 15 is 0 Å². The molecule has 15 heavy (non-hydrogen) atoms. The summed E-state index contributed by atoms with van der Waals surface area (Å²) >= 11 is 7.23. The topological polar surface area (TPSA) is 37.8 Å². The highest BCUT2D eigenvalue weighted by molar-refractivity contribution is 7.00. The van der Waals surface area contributed by atoms with Crippen LogP contribution in [0.25, 0.3) is 11.0 Å². The van der Waals surface area contributed by atoms with Crippen LogP contribution in [0, 0.1) is 12.3 Å². The first-order chi connectivity index (χ1) is 7.22. The number of rotatable bonds is 2. The molecule has 1 aromatic heterocycles. The lowest BCUT2D eigenvalue weighted by molar-refractivity contribution is 1.04. The van der Waals surface area contributed by atoms with E-state index in [4.69, 9.17) is 18.0 Å². The molecule has 3 nitrogen and oxygen atoms in total. The van der Waals surface area contributed by atoms with E-state index < -0.39 is 0 Å². The van der Waals surface area contributed by atoms with Gasteiger partial charge in [0.15, 0.2) is 0 Å². The number of hydrogen-bond donors (Lipinski definition) is 1. The summed E-state index contributed by atoms with van der Waals surface area (Å²) in [5.41, 5.74) is 2.36. The largest absolute Gasteiger partial charge is 0.369 e. The van der Waals surface area contributed by atoms with Crippen molar-refractivity contribution in [3.8, 4) is 12.3 Å². The van der Waals surface area contributed by atoms with Gasteiger partial charge in [-0.15, -0.1) is 6.42 Å². The maximum atomic E-state index is 6.07. The maximum Gasteiger partial charge on any atom is 0.129 e. The third-order valence-corrected chi connectivity index (χ3v) is 2.85. The molecule has 2 rings (SSSR count). The van der Waals surface area contributed by atoms with Crippen LogP contribution in [0.4, 0.5) is 5.69 Å². The number of nitrogens with one attached hydrogen (secondary N) is 1. The van der Waals surface area contributed by atoms with Crippen LogP contribution in [-0.2, 0) is 0 Å². The first-order valence-electron chi connectivity index (χ1n) is 4.36. The summed E-state index contributed by atoms with van der Waals surface area (Å²) < 4.78 is 8.32. The van der Waals surface area contributed by atoms with Gasteiger partial charge in [0.2, 0.25) is 0 Å². The van der Waals surface area contributed by atoms with Crippen molar-refractivity contribution in [3.63, 3.8) is 0 Å². The number of halogens is 1. The molecule has 1 heterocycles. The summed E-state index contributed by atoms with van der Waals surface area (Å²) in [5.74, 6) is 2.58. The zero-order valence-electron chi connectivity index (χ0n) is 7.99. The van der Waals surface area contributed by atoms with Crippen LogP contribution >= 0.6 is 23.3 Å². The van der Waals surface area contributed by atoms with Gasteiger partial charge in [0, 0.05) is 0 Å². The maximum absolute atomic E-state index is 6.07. The summed E-state index contributed by atoms with van der Waals surface area (Å²) in [6.07, 6.45) is 5.30. The molecule has 76 valence electrons. The summed E-state index contributed by atoms with van der Waals surface area (Å²) in [6, 6.07) is 3.54. The summed E-state index contributed by atoms with van der Waals surface area (Å²) in [6.45, 7) is 1.88. The van der Waals surface area contributed by atoms with Gasteiger partial charge in [-0.2, -0.15) is 8.75 Å². The molecule has 1 aromatic carbocycles. The van der Waals surface area contributed by atoms with E-state index in [2.05, 4.69) is 20.0 Å². The predicted octanol–water partition coefficient (Wildman–Crippen LogP) is 2.78. The standard InChI is InChI=1S/C10H8ClN3S/c1-3-6(2)12-9-7(11)4-5-8-10(9)14-15-13-8/h1,4-6,12H,2H3. The highest BCUT2D eigenvalue weighted by Gasteiger charge is 2.10. The van der Waals surface area contributed by atoms with Gasteiger partial charge in [0.25, 0.3) is 0 Å². The minimum absolute atomic E-state index is 0.0881. The van der Waals surface area contributed by atoms with E-state index in [1.54, 1.807) is 6.07 Å². The summed E-state index contributed by atoms with van der Waals surface area (Å²) in [5, 5.41) is 3.73. The van der Waals surface area contributed by atoms with Crippen LogP contribution in [0.3, 0.4) is 0 Å². The fourth-order valence-electron chi connectivity index (χ4n) is 1.22. The molecular weight excluding hydrogens is 230 g/mol. The third kappa shape index (κ3) is 1.89. The van der Waals surface area contributed by atoms with Crippen molar-refractivity contribution in [1.82, 2.24) is 8.75 Å². The molecule has 0 radical (unpaired) electrons. The van der Waals surface area contributed by atoms with E-state index in [1.807, 2.05) is 13.0 Å². The van der Waals surface area contributed by atoms with Gasteiger partial charge in [-0.05, 0) is 19.1 Å². The molecule has 5 heteroatoms. The predicted molar refractivity (Wildman–Crippen MR) is 64.3 cm³/mol. The van der Waals surface area contributed by atoms with Crippen molar-refractivity contribution in [2.45, 2.75) is 13.0 Å². The molecule has 0 spiro atoms. The molecule has 2 aromatic rings. The zero-order chi connectivity index (χ0) is 10.8. The van der Waals surface area contributed by atoms with Crippen LogP contribution in [0.15, 0.2) is 12.1 Å². The molecule has 0 aliphatic carbocycles. The van der Waals surface area contributed by atoms with Gasteiger partial charge >= 0.3 is 0 Å². The number of nitrogens with zero attached hydrogens (tertiary/aromatic N) is 2. The van der Waals surface area contributed by atoms with E-state index in [-0.39, 0.29) is 6.04 Å². The lowest BCUT2D eigenvalue weighted by Gasteiger charge is -2.10. The summed E-state index contributed by atoms with van der Waals surface area (Å²) in [7, 11) is 0. The Kier molecular flexibility index (Phi) is 2.76. The van der Waals surface area contributed by atoms with E-state index in [9.17, 15) is 0 Å². The number of benzene rings is 1. The van der Waals surface area contributed by atoms with Crippen molar-refractivity contribution < 1.29 is 0 Å². The minimum atomic E-state index is -0.0881. The van der Waals surface area contributed by atoms with Gasteiger partial charge in [-0.1, -0.05) is 17.5 Å². The van der Waals surface area contributed by atoms with Crippen LogP contribution in [0.2, 0.25) is 5.02 Å². The number of aromatic nitrogens is 2. The Morgan fingerprint density at radius 2 is 2.33 bits per heavy atom. The van der Waals surface area contributed by atoms with E-state index in [1.165, 1.54) is 0 Å². The van der Waals surface area contributed by atoms with E-state index in [0.29, 0.717) is 5.02 Å². The Morgan fingerprint density at radius 3 is 3.07 bits per heavy atom. The monoisotopic (exact) mass is 237 g/mol. The number of anilines is 1. The molecule has 0 bridgehead atoms. The Balaban J connectivity index is 2.52. The molecule has 0 aliphatic rings. The molecule has 0 amide bonds. The quantitative estimate of drug-likeness (QED) is 0.817. The van der Waals surface area contributed by atoms with Crippen LogP contribution in [0.1, 0.15) is 6.92 Å². The van der Waals surface area contributed by atoms with Crippen LogP contribution in [-0.4, -0.2) is 14.8 Å². The molecule has 1 N–H and O–H groups in total. The number of fused-ring (bicyclic) bond motifs is 1. The van der Waals surface area contributed by atoms with Gasteiger partial charge in [-0.25, -0.2) is 0 Å². The Bertz CT molecular complexity index is 529. The molecule has 0 saturated carbocycles. The highest BCUT2D eigenvalue weighted by atomic mass is 35.5. The van der Waals surface area contributed by atoms with Crippen LogP contribution < -0.4 is 5.32 Å². The average Bonchev–Trinajstić information content (AvgIpc) is 2.70. The average molecular weight is 238 g/mol. The minimum Gasteiger partial charge on any atom is -0.369 e. The molecule has 1 unspecified atom stereocenters. The van der Waals surface area contributed by atoms with Gasteiger partial charge in [0.1, 0.15) is 11.0 Å². The highest BCUT2D eigenvalue weighted by Crippen LogP contribution is 2.30. The SMILES string of the molecule is C#CC(C)Nc1c(Cl)ccc2nsnc12. The summed E-state index contributed by atoms with van der Waals surface area (Å²) in [4.78, 5) is 0. The van der Waals surface area contributed by atoms with Gasteiger partial charge in [0.05, 0.1) is 28.5 Å². The molecule has 0 fully saturated rings. The van der Waals surface area contributed by atoms with Crippen molar-refractivity contribution >= 4 is 40.0 Å². The zero-order valence-corrected chi connectivity index (χ0v) is 9.56. The molecule has 0 saturated heterocycles. The fourth-order valence-corrected chi connectivity index (χ4v) is 1.97. The lowest BCUT2D eigenvalue weighted by Crippen LogP contribution is -2.12. The number of terminal acetylenes is 1. The third-order valence-electron chi connectivity index (χ3n) is 1.99. The molecule has 1 atom stereocenters. The fraction of sp³-hybridized carbons (Fsp3) is 0.200. The van der Waals surface area contributed by atoms with Crippen molar-refractivity contribution in [2.75, 3.05) is 5.32 Å². The normalized spacial score (nSPS) is 12.3. The molecule has 0 aliphatic heterocycles. The Hall–Kier alpha value is -1.31. The first kappa shape index (κ1) is 10.2. The Labute approximate surface area is 96.8 Å². The van der Waals surface area contributed by atoms with Crippen molar-refractivity contribution in [1.29, 1.82) is 0 Å². The van der Waals surface area contributed by atoms with E-state index in [0.717, 1.165) is 28.4 Å². The smallest absolute Gasteiger partial charge is 0.129 e. The second kappa shape index (κ2) is 4.05. The number of hydrogen-bond acceptors (Lipinski definition) is 4. The van der Waals surface area contributed by atoms with Gasteiger partial charge in [-0.3, -0.25) is 0 Å². The van der Waals surface area contributed by atoms with Crippen LogP contribution in [0.5, 0.6) is 0 Å². The first-order valence-corrected chi connectivity index (χ1v) is 5.46. The van der Waals surface area contributed by atoms with Crippen molar-refractivity contribution in [3.05, 3.63) is 17.2 Å². The lowest BCUT2D eigenvalue weighted by atomic mass is 10.2. The second-order valence-corrected chi connectivity index (χ2v) is 4.02. The van der Waals surface area contributed by atoms with Gasteiger partial charge < -0.3 is 5.32 Å².